The van der Waals surface area contributed by atoms with Gasteiger partial charge < -0.3 is 15.2 Å². The van der Waals surface area contributed by atoms with Crippen LogP contribution in [0.15, 0.2) is 27.0 Å². The van der Waals surface area contributed by atoms with Crippen LogP contribution in [-0.2, 0) is 11.8 Å². The molecule has 0 aliphatic rings. The van der Waals surface area contributed by atoms with E-state index in [9.17, 15) is 0 Å². The lowest BCUT2D eigenvalue weighted by molar-refractivity contribution is 0.371. The number of thiophene rings is 1. The molecule has 2 aromatic heterocycles. The number of guanidine groups is 1. The molecule has 6 nitrogen and oxygen atoms in total. The summed E-state index contributed by atoms with van der Waals surface area (Å²) >= 11 is 1.78. The molecule has 2 rings (SSSR count). The number of hydrogen-bond donors (Lipinski definition) is 2. The zero-order chi connectivity index (χ0) is 17.6. The van der Waals surface area contributed by atoms with Crippen molar-refractivity contribution >= 4 is 41.3 Å². The van der Waals surface area contributed by atoms with Crippen molar-refractivity contribution in [3.05, 3.63) is 34.1 Å². The minimum Gasteiger partial charge on any atom is -0.356 e. The Kier molecular flexibility index (Phi) is 8.84. The van der Waals surface area contributed by atoms with Gasteiger partial charge in [-0.15, -0.1) is 35.3 Å². The average Bonchev–Trinajstić information content (AvgIpc) is 3.22. The van der Waals surface area contributed by atoms with Gasteiger partial charge in [-0.05, 0) is 11.4 Å². The zero-order valence-electron chi connectivity index (χ0n) is 15.5. The summed E-state index contributed by atoms with van der Waals surface area (Å²) < 4.78 is 5.24. The molecule has 2 aromatic rings. The van der Waals surface area contributed by atoms with Crippen LogP contribution in [0, 0.1) is 0 Å². The summed E-state index contributed by atoms with van der Waals surface area (Å²) in [6, 6.07) is 4.26. The Labute approximate surface area is 170 Å². The Balaban J connectivity index is 0.00000312. The van der Waals surface area contributed by atoms with Crippen molar-refractivity contribution in [2.45, 2.75) is 45.4 Å². The Bertz CT molecular complexity index is 652. The summed E-state index contributed by atoms with van der Waals surface area (Å²) in [7, 11) is 1.77. The van der Waals surface area contributed by atoms with Crippen molar-refractivity contribution in [3.8, 4) is 0 Å². The quantitative estimate of drug-likeness (QED) is 0.363. The van der Waals surface area contributed by atoms with Gasteiger partial charge in [0.15, 0.2) is 11.8 Å². The molecule has 0 bridgehead atoms. The van der Waals surface area contributed by atoms with Crippen LogP contribution in [-0.4, -0.2) is 36.2 Å². The molecule has 0 saturated carbocycles. The molecule has 0 aliphatic carbocycles. The zero-order valence-corrected chi connectivity index (χ0v) is 18.6. The van der Waals surface area contributed by atoms with Crippen LogP contribution in [0.2, 0.25) is 0 Å². The van der Waals surface area contributed by atoms with E-state index in [1.807, 2.05) is 13.8 Å². The van der Waals surface area contributed by atoms with Crippen LogP contribution in [0.25, 0.3) is 0 Å². The second-order valence-corrected chi connectivity index (χ2v) is 7.61. The molecular formula is C17H28IN5OS. The molecule has 0 spiro atoms. The number of rotatable bonds is 7. The first kappa shape index (κ1) is 21.9. The van der Waals surface area contributed by atoms with E-state index in [2.05, 4.69) is 57.1 Å². The van der Waals surface area contributed by atoms with E-state index >= 15 is 0 Å². The molecule has 0 aliphatic heterocycles. The Hall–Kier alpha value is -1.16. The SMILES string of the molecule is CN=C(NCCc1nc(C(C)C)no1)NCC(C)(C)c1cccs1.I. The predicted octanol–water partition coefficient (Wildman–Crippen LogP) is 3.56. The van der Waals surface area contributed by atoms with Crippen LogP contribution in [0.4, 0.5) is 0 Å². The summed E-state index contributed by atoms with van der Waals surface area (Å²) in [5, 5.41) is 12.8. The van der Waals surface area contributed by atoms with Gasteiger partial charge in [-0.2, -0.15) is 4.98 Å². The second kappa shape index (κ2) is 10.1. The molecule has 0 aromatic carbocycles. The molecule has 2 heterocycles. The van der Waals surface area contributed by atoms with Crippen LogP contribution in [0.1, 0.15) is 50.2 Å². The lowest BCUT2D eigenvalue weighted by Crippen LogP contribution is -2.43. The van der Waals surface area contributed by atoms with Gasteiger partial charge in [-0.3, -0.25) is 4.99 Å². The molecule has 140 valence electrons. The van der Waals surface area contributed by atoms with Gasteiger partial charge in [-0.25, -0.2) is 0 Å². The summed E-state index contributed by atoms with van der Waals surface area (Å²) in [4.78, 5) is 10.0. The fraction of sp³-hybridized carbons (Fsp3) is 0.588. The predicted molar refractivity (Wildman–Crippen MR) is 114 cm³/mol. The van der Waals surface area contributed by atoms with Gasteiger partial charge in [0.1, 0.15) is 0 Å². The summed E-state index contributed by atoms with van der Waals surface area (Å²) in [6.45, 7) is 10.1. The highest BCUT2D eigenvalue weighted by Gasteiger charge is 2.21. The topological polar surface area (TPSA) is 75.3 Å². The maximum absolute atomic E-state index is 5.24. The third-order valence-electron chi connectivity index (χ3n) is 3.74. The molecule has 0 unspecified atom stereocenters. The second-order valence-electron chi connectivity index (χ2n) is 6.66. The highest BCUT2D eigenvalue weighted by molar-refractivity contribution is 14.0. The van der Waals surface area contributed by atoms with Crippen molar-refractivity contribution in [1.29, 1.82) is 0 Å². The van der Waals surface area contributed by atoms with Crippen LogP contribution >= 0.6 is 35.3 Å². The summed E-state index contributed by atoms with van der Waals surface area (Å²) in [5.74, 6) is 2.47. The van der Waals surface area contributed by atoms with Crippen LogP contribution in [0.3, 0.4) is 0 Å². The molecule has 0 amide bonds. The van der Waals surface area contributed by atoms with Crippen LogP contribution < -0.4 is 10.6 Å². The van der Waals surface area contributed by atoms with Crippen molar-refractivity contribution < 1.29 is 4.52 Å². The van der Waals surface area contributed by atoms with Gasteiger partial charge in [0.2, 0.25) is 5.89 Å². The normalized spacial score (nSPS) is 12.2. The fourth-order valence-electron chi connectivity index (χ4n) is 2.17. The number of aliphatic imine (C=N–C) groups is 1. The highest BCUT2D eigenvalue weighted by Crippen LogP contribution is 2.26. The van der Waals surface area contributed by atoms with Gasteiger partial charge in [-0.1, -0.05) is 38.9 Å². The van der Waals surface area contributed by atoms with E-state index in [1.54, 1.807) is 18.4 Å². The van der Waals surface area contributed by atoms with Crippen molar-refractivity contribution in [3.63, 3.8) is 0 Å². The average molecular weight is 477 g/mol. The third-order valence-corrected chi connectivity index (χ3v) is 4.98. The molecule has 8 heteroatoms. The maximum Gasteiger partial charge on any atom is 0.228 e. The van der Waals surface area contributed by atoms with E-state index < -0.39 is 0 Å². The van der Waals surface area contributed by atoms with Crippen molar-refractivity contribution in [2.75, 3.05) is 20.1 Å². The minimum atomic E-state index is 0. The van der Waals surface area contributed by atoms with E-state index in [0.717, 1.165) is 18.3 Å². The van der Waals surface area contributed by atoms with Gasteiger partial charge in [0, 0.05) is 42.8 Å². The monoisotopic (exact) mass is 477 g/mol. The lowest BCUT2D eigenvalue weighted by atomic mass is 9.91. The van der Waals surface area contributed by atoms with Crippen molar-refractivity contribution in [1.82, 2.24) is 20.8 Å². The Morgan fingerprint density at radius 2 is 2.12 bits per heavy atom. The molecular weight excluding hydrogens is 449 g/mol. The number of nitrogens with one attached hydrogen (secondary N) is 2. The Morgan fingerprint density at radius 3 is 2.68 bits per heavy atom. The molecule has 0 atom stereocenters. The van der Waals surface area contributed by atoms with E-state index in [0.29, 0.717) is 18.9 Å². The van der Waals surface area contributed by atoms with E-state index in [4.69, 9.17) is 4.52 Å². The van der Waals surface area contributed by atoms with Gasteiger partial charge in [0.05, 0.1) is 0 Å². The molecule has 2 N–H and O–H groups in total. The van der Waals surface area contributed by atoms with Crippen molar-refractivity contribution in [2.24, 2.45) is 4.99 Å². The van der Waals surface area contributed by atoms with Gasteiger partial charge in [0.25, 0.3) is 0 Å². The summed E-state index contributed by atoms with van der Waals surface area (Å²) in [6.07, 6.45) is 0.675. The number of nitrogens with zero attached hydrogens (tertiary/aromatic N) is 3. The lowest BCUT2D eigenvalue weighted by Gasteiger charge is -2.25. The maximum atomic E-state index is 5.24. The number of halogens is 1. The summed E-state index contributed by atoms with van der Waals surface area (Å²) in [5.41, 5.74) is 0.0600. The molecule has 25 heavy (non-hydrogen) atoms. The smallest absolute Gasteiger partial charge is 0.228 e. The standard InChI is InChI=1S/C17H27N5OS.HI/c1-12(2)15-21-14(23-22-15)8-9-19-16(18-5)20-11-17(3,4)13-7-6-10-24-13;/h6-7,10,12H,8-9,11H2,1-5H3,(H2,18,19,20);1H. The van der Waals surface area contributed by atoms with E-state index in [1.165, 1.54) is 4.88 Å². The Morgan fingerprint density at radius 1 is 1.36 bits per heavy atom. The molecule has 0 radical (unpaired) electrons. The first-order valence-electron chi connectivity index (χ1n) is 8.23. The largest absolute Gasteiger partial charge is 0.356 e. The van der Waals surface area contributed by atoms with Crippen LogP contribution in [0.5, 0.6) is 0 Å². The number of hydrogen-bond acceptors (Lipinski definition) is 5. The fourth-order valence-corrected chi connectivity index (χ4v) is 3.02. The number of aromatic nitrogens is 2. The highest BCUT2D eigenvalue weighted by atomic mass is 127. The molecule has 0 fully saturated rings. The first-order chi connectivity index (χ1) is 11.4. The van der Waals surface area contributed by atoms with Gasteiger partial charge >= 0.3 is 0 Å². The first-order valence-corrected chi connectivity index (χ1v) is 9.11. The van der Waals surface area contributed by atoms with E-state index in [-0.39, 0.29) is 35.3 Å². The third kappa shape index (κ3) is 6.58. The minimum absolute atomic E-state index is 0. The molecule has 0 saturated heterocycles.